The summed E-state index contributed by atoms with van der Waals surface area (Å²) in [5, 5.41) is 4.18. The van der Waals surface area contributed by atoms with Gasteiger partial charge in [-0.3, -0.25) is 4.90 Å². The quantitative estimate of drug-likeness (QED) is 0.720. The lowest BCUT2D eigenvalue weighted by atomic mass is 10.2. The molecule has 1 unspecified atom stereocenters. The Morgan fingerprint density at radius 2 is 1.87 bits per heavy atom. The van der Waals surface area contributed by atoms with Gasteiger partial charge in [-0.15, -0.1) is 0 Å². The molecule has 0 fully saturated rings. The molecule has 5 heteroatoms. The van der Waals surface area contributed by atoms with Crippen LogP contribution in [-0.2, 0) is 0 Å². The number of likely N-dealkylation sites (N-methyl/N-ethyl adjacent to an activating group) is 1. The molecule has 0 N–H and O–H groups in total. The molecular formula is C10H12N5. The van der Waals surface area contributed by atoms with Crippen molar-refractivity contribution in [1.29, 1.82) is 0 Å². The summed E-state index contributed by atoms with van der Waals surface area (Å²) in [6.45, 7) is 0. The highest BCUT2D eigenvalue weighted by atomic mass is 15.2. The van der Waals surface area contributed by atoms with Gasteiger partial charge in [0.2, 0.25) is 0 Å². The van der Waals surface area contributed by atoms with Crippen LogP contribution in [-0.4, -0.2) is 34.8 Å². The molecule has 0 aliphatic carbocycles. The molecule has 0 spiro atoms. The number of rotatable bonds is 3. The van der Waals surface area contributed by atoms with Gasteiger partial charge < -0.3 is 0 Å². The summed E-state index contributed by atoms with van der Waals surface area (Å²) in [5.74, 6) is 1.44. The summed E-state index contributed by atoms with van der Waals surface area (Å²) in [6.07, 6.45) is 6.80. The van der Waals surface area contributed by atoms with Gasteiger partial charge in [-0.05, 0) is 20.2 Å². The largest absolute Gasteiger partial charge is 0.293 e. The molecule has 1 aromatic heterocycles. The van der Waals surface area contributed by atoms with Crippen molar-refractivity contribution < 1.29 is 0 Å². The Labute approximate surface area is 88.6 Å². The fourth-order valence-electron chi connectivity index (χ4n) is 1.42. The topological polar surface area (TPSA) is 55.5 Å². The van der Waals surface area contributed by atoms with Gasteiger partial charge in [0.15, 0.2) is 11.7 Å². The van der Waals surface area contributed by atoms with Gasteiger partial charge in [-0.1, -0.05) is 0 Å². The minimum atomic E-state index is -0.0822. The maximum Gasteiger partial charge on any atom is 0.153 e. The monoisotopic (exact) mass is 202 g/mol. The Morgan fingerprint density at radius 3 is 2.40 bits per heavy atom. The zero-order valence-corrected chi connectivity index (χ0v) is 8.70. The lowest BCUT2D eigenvalue weighted by Gasteiger charge is -2.21. The van der Waals surface area contributed by atoms with Gasteiger partial charge >= 0.3 is 0 Å². The third-order valence-corrected chi connectivity index (χ3v) is 2.07. The van der Waals surface area contributed by atoms with E-state index < -0.39 is 0 Å². The third kappa shape index (κ3) is 2.02. The number of aromatic nitrogens is 2. The van der Waals surface area contributed by atoms with Crippen LogP contribution in [0.1, 0.15) is 11.9 Å². The van der Waals surface area contributed by atoms with Gasteiger partial charge in [0, 0.05) is 24.8 Å². The Hall–Kier alpha value is -1.75. The molecule has 1 aliphatic rings. The van der Waals surface area contributed by atoms with E-state index in [-0.39, 0.29) is 6.04 Å². The predicted molar refractivity (Wildman–Crippen MR) is 57.2 cm³/mol. The molecule has 1 aromatic rings. The summed E-state index contributed by atoms with van der Waals surface area (Å²) in [4.78, 5) is 14.6. The van der Waals surface area contributed by atoms with Gasteiger partial charge in [0.1, 0.15) is 6.04 Å². The molecule has 1 atom stereocenters. The molecule has 15 heavy (non-hydrogen) atoms. The van der Waals surface area contributed by atoms with Crippen molar-refractivity contribution in [2.45, 2.75) is 6.04 Å². The zero-order valence-electron chi connectivity index (χ0n) is 8.70. The van der Waals surface area contributed by atoms with E-state index in [1.165, 1.54) is 0 Å². The maximum atomic E-state index is 4.22. The number of hydrogen-bond acceptors (Lipinski definition) is 4. The van der Waals surface area contributed by atoms with E-state index in [4.69, 9.17) is 0 Å². The van der Waals surface area contributed by atoms with Crippen molar-refractivity contribution in [2.75, 3.05) is 14.1 Å². The lowest BCUT2D eigenvalue weighted by molar-refractivity contribution is 0.353. The highest BCUT2D eigenvalue weighted by Gasteiger charge is 2.24. The first-order valence-electron chi connectivity index (χ1n) is 4.66. The Balaban J connectivity index is 2.28. The van der Waals surface area contributed by atoms with Crippen LogP contribution in [0.2, 0.25) is 0 Å². The molecule has 5 nitrogen and oxygen atoms in total. The van der Waals surface area contributed by atoms with Crippen molar-refractivity contribution >= 4 is 5.84 Å². The average Bonchev–Trinajstić information content (AvgIpc) is 2.72. The SMILES string of the molecule is CN(C)C(C1=NC=C[N]1)c1ncccn1. The number of hydrogen-bond donors (Lipinski definition) is 0. The van der Waals surface area contributed by atoms with Crippen LogP contribution in [0.25, 0.3) is 0 Å². The molecule has 1 radical (unpaired) electrons. The first-order chi connectivity index (χ1) is 7.29. The summed E-state index contributed by atoms with van der Waals surface area (Å²) in [6, 6.07) is 1.71. The van der Waals surface area contributed by atoms with E-state index in [1.807, 2.05) is 19.0 Å². The predicted octanol–water partition coefficient (Wildman–Crippen LogP) is 0.567. The Morgan fingerprint density at radius 1 is 1.13 bits per heavy atom. The smallest absolute Gasteiger partial charge is 0.153 e. The highest BCUT2D eigenvalue weighted by molar-refractivity contribution is 5.90. The molecule has 2 heterocycles. The molecule has 0 aromatic carbocycles. The molecule has 0 amide bonds. The molecular weight excluding hydrogens is 190 g/mol. The zero-order chi connectivity index (χ0) is 10.7. The Bertz CT molecular complexity index is 382. The summed E-state index contributed by atoms with van der Waals surface area (Å²) < 4.78 is 0. The van der Waals surface area contributed by atoms with Crippen LogP contribution in [0.3, 0.4) is 0 Å². The van der Waals surface area contributed by atoms with Gasteiger partial charge in [-0.25, -0.2) is 20.3 Å². The van der Waals surface area contributed by atoms with E-state index in [9.17, 15) is 0 Å². The van der Waals surface area contributed by atoms with Crippen LogP contribution < -0.4 is 5.32 Å². The van der Waals surface area contributed by atoms with Crippen molar-refractivity contribution in [3.8, 4) is 0 Å². The van der Waals surface area contributed by atoms with E-state index in [2.05, 4.69) is 20.3 Å². The first-order valence-corrected chi connectivity index (χ1v) is 4.66. The normalized spacial score (nSPS) is 16.3. The van der Waals surface area contributed by atoms with E-state index in [0.29, 0.717) is 5.82 Å². The van der Waals surface area contributed by atoms with Crippen LogP contribution in [0, 0.1) is 0 Å². The van der Waals surface area contributed by atoms with E-state index in [0.717, 1.165) is 5.84 Å². The fourth-order valence-corrected chi connectivity index (χ4v) is 1.42. The molecule has 0 saturated carbocycles. The minimum absolute atomic E-state index is 0.0822. The van der Waals surface area contributed by atoms with Crippen LogP contribution >= 0.6 is 0 Å². The van der Waals surface area contributed by atoms with Crippen molar-refractivity contribution in [1.82, 2.24) is 20.2 Å². The number of nitrogens with zero attached hydrogens (tertiary/aromatic N) is 5. The van der Waals surface area contributed by atoms with Gasteiger partial charge in [-0.2, -0.15) is 0 Å². The van der Waals surface area contributed by atoms with Gasteiger partial charge in [0.05, 0.1) is 0 Å². The van der Waals surface area contributed by atoms with Crippen molar-refractivity contribution in [3.05, 3.63) is 36.7 Å². The third-order valence-electron chi connectivity index (χ3n) is 2.07. The maximum absolute atomic E-state index is 4.22. The second-order valence-corrected chi connectivity index (χ2v) is 3.39. The minimum Gasteiger partial charge on any atom is -0.293 e. The van der Waals surface area contributed by atoms with Crippen molar-refractivity contribution in [3.63, 3.8) is 0 Å². The van der Waals surface area contributed by atoms with Crippen molar-refractivity contribution in [2.24, 2.45) is 4.99 Å². The molecule has 2 rings (SSSR count). The standard InChI is InChI=1S/C10H12N5/c1-15(2)8(10-13-6-7-14-10)9-11-4-3-5-12-9/h3-8H,1-2H3. The second kappa shape index (κ2) is 4.18. The van der Waals surface area contributed by atoms with E-state index in [1.54, 1.807) is 30.9 Å². The molecule has 0 saturated heterocycles. The average molecular weight is 202 g/mol. The summed E-state index contributed by atoms with van der Waals surface area (Å²) in [5.41, 5.74) is 0. The second-order valence-electron chi connectivity index (χ2n) is 3.39. The lowest BCUT2D eigenvalue weighted by Crippen LogP contribution is -2.32. The Kier molecular flexibility index (Phi) is 2.73. The van der Waals surface area contributed by atoms with Crippen LogP contribution in [0.4, 0.5) is 0 Å². The van der Waals surface area contributed by atoms with Crippen LogP contribution in [0.15, 0.2) is 35.9 Å². The number of amidine groups is 1. The highest BCUT2D eigenvalue weighted by Crippen LogP contribution is 2.16. The summed E-state index contributed by atoms with van der Waals surface area (Å²) >= 11 is 0. The van der Waals surface area contributed by atoms with Crippen LogP contribution in [0.5, 0.6) is 0 Å². The molecule has 77 valence electrons. The first kappa shape index (κ1) is 9.79. The molecule has 0 bridgehead atoms. The summed E-state index contributed by atoms with van der Waals surface area (Å²) in [7, 11) is 3.91. The number of aliphatic imine (C=N–C) groups is 1. The molecule has 1 aliphatic heterocycles. The van der Waals surface area contributed by atoms with Gasteiger partial charge in [0.25, 0.3) is 0 Å². The fraction of sp³-hybridized carbons (Fsp3) is 0.300. The van der Waals surface area contributed by atoms with E-state index >= 15 is 0 Å².